The van der Waals surface area contributed by atoms with E-state index in [4.69, 9.17) is 0 Å². The maximum Gasteiger partial charge on any atom is 0.0343 e. The first-order valence-corrected chi connectivity index (χ1v) is 7.46. The smallest absolute Gasteiger partial charge is 0.0343 e. The summed E-state index contributed by atoms with van der Waals surface area (Å²) in [6.45, 7) is 2.31. The van der Waals surface area contributed by atoms with E-state index in [1.807, 2.05) is 0 Å². The molecule has 1 N–H and O–H groups in total. The van der Waals surface area contributed by atoms with Gasteiger partial charge in [-0.1, -0.05) is 19.8 Å². The number of hydrogen-bond acceptors (Lipinski definition) is 2. The molecule has 2 heteroatoms. The highest BCUT2D eigenvalue weighted by atomic mass is 32.2. The van der Waals surface area contributed by atoms with Crippen LogP contribution in [-0.2, 0) is 0 Å². The summed E-state index contributed by atoms with van der Waals surface area (Å²) in [6, 6.07) is 9.50. The molecule has 2 unspecified atom stereocenters. The van der Waals surface area contributed by atoms with Gasteiger partial charge in [0.05, 0.1) is 0 Å². The van der Waals surface area contributed by atoms with Gasteiger partial charge >= 0.3 is 0 Å². The van der Waals surface area contributed by atoms with Gasteiger partial charge in [0.1, 0.15) is 0 Å². The normalized spacial score (nSPS) is 24.6. The van der Waals surface area contributed by atoms with E-state index < -0.39 is 0 Å². The molecular weight excluding hydrogens is 214 g/mol. The Kier molecular flexibility index (Phi) is 4.16. The Hall–Kier alpha value is -0.630. The summed E-state index contributed by atoms with van der Waals surface area (Å²) in [5.41, 5.74) is 1.28. The third kappa shape index (κ3) is 2.73. The molecule has 0 aromatic heterocycles. The lowest BCUT2D eigenvalue weighted by molar-refractivity contribution is 0.489. The van der Waals surface area contributed by atoms with Gasteiger partial charge in [0, 0.05) is 16.6 Å². The van der Waals surface area contributed by atoms with E-state index in [0.717, 1.165) is 5.92 Å². The Balaban J connectivity index is 1.97. The van der Waals surface area contributed by atoms with Gasteiger partial charge in [-0.25, -0.2) is 0 Å². The van der Waals surface area contributed by atoms with Gasteiger partial charge in [0.2, 0.25) is 0 Å². The van der Waals surface area contributed by atoms with Crippen molar-refractivity contribution in [3.05, 3.63) is 24.3 Å². The van der Waals surface area contributed by atoms with Gasteiger partial charge in [0.15, 0.2) is 0 Å². The molecule has 1 aromatic rings. The third-order valence-corrected chi connectivity index (χ3v) is 4.37. The van der Waals surface area contributed by atoms with Crippen molar-refractivity contribution in [2.45, 2.75) is 43.5 Å². The molecule has 0 saturated heterocycles. The van der Waals surface area contributed by atoms with Crippen molar-refractivity contribution in [2.75, 3.05) is 11.6 Å². The minimum atomic E-state index is 0.699. The van der Waals surface area contributed by atoms with Gasteiger partial charge in [0.25, 0.3) is 0 Å². The summed E-state index contributed by atoms with van der Waals surface area (Å²) in [7, 11) is 0. The molecule has 0 bridgehead atoms. The highest BCUT2D eigenvalue weighted by molar-refractivity contribution is 7.98. The lowest BCUT2D eigenvalue weighted by Crippen LogP contribution is -2.23. The van der Waals surface area contributed by atoms with E-state index in [1.165, 1.54) is 36.3 Å². The van der Waals surface area contributed by atoms with Crippen LogP contribution < -0.4 is 5.32 Å². The zero-order chi connectivity index (χ0) is 11.4. The number of nitrogens with one attached hydrogen (secondary N) is 1. The Morgan fingerprint density at radius 1 is 1.25 bits per heavy atom. The summed E-state index contributed by atoms with van der Waals surface area (Å²) in [5, 5.41) is 3.68. The van der Waals surface area contributed by atoms with Gasteiger partial charge in [-0.2, -0.15) is 0 Å². The molecule has 0 aliphatic heterocycles. The zero-order valence-corrected chi connectivity index (χ0v) is 11.0. The second-order valence-corrected chi connectivity index (χ2v) is 5.46. The van der Waals surface area contributed by atoms with Crippen molar-refractivity contribution in [3.63, 3.8) is 0 Å². The third-order valence-electron chi connectivity index (χ3n) is 3.63. The average molecular weight is 235 g/mol. The molecule has 88 valence electrons. The number of hydrogen-bond donors (Lipinski definition) is 1. The fourth-order valence-electron chi connectivity index (χ4n) is 2.62. The summed E-state index contributed by atoms with van der Waals surface area (Å²) >= 11 is 1.80. The molecule has 16 heavy (non-hydrogen) atoms. The molecule has 1 nitrogen and oxygen atoms in total. The minimum Gasteiger partial charge on any atom is -0.382 e. The van der Waals surface area contributed by atoms with Crippen LogP contribution in [0.3, 0.4) is 0 Å². The summed E-state index contributed by atoms with van der Waals surface area (Å²) < 4.78 is 0. The number of benzene rings is 1. The number of anilines is 1. The van der Waals surface area contributed by atoms with E-state index in [2.05, 4.69) is 42.8 Å². The Bertz CT molecular complexity index is 320. The highest BCUT2D eigenvalue weighted by Gasteiger charge is 2.25. The van der Waals surface area contributed by atoms with Gasteiger partial charge in [-0.05, 0) is 49.3 Å². The fraction of sp³-hybridized carbons (Fsp3) is 0.571. The average Bonchev–Trinajstić information content (AvgIpc) is 2.77. The van der Waals surface area contributed by atoms with E-state index in [0.29, 0.717) is 6.04 Å². The predicted octanol–water partition coefficient (Wildman–Crippen LogP) is 4.40. The zero-order valence-electron chi connectivity index (χ0n) is 10.2. The molecule has 0 spiro atoms. The Morgan fingerprint density at radius 3 is 2.62 bits per heavy atom. The van der Waals surface area contributed by atoms with Crippen LogP contribution in [-0.4, -0.2) is 12.3 Å². The van der Waals surface area contributed by atoms with Crippen molar-refractivity contribution in [1.82, 2.24) is 0 Å². The van der Waals surface area contributed by atoms with Crippen LogP contribution in [0, 0.1) is 5.92 Å². The Morgan fingerprint density at radius 2 is 2.00 bits per heavy atom. The molecule has 1 aliphatic carbocycles. The second-order valence-electron chi connectivity index (χ2n) is 4.58. The molecule has 2 atom stereocenters. The van der Waals surface area contributed by atoms with E-state index in [-0.39, 0.29) is 0 Å². The van der Waals surface area contributed by atoms with Crippen molar-refractivity contribution in [1.29, 1.82) is 0 Å². The number of thioether (sulfide) groups is 1. The standard InChI is InChI=1S/C14H21NS/c1-3-11-5-4-6-14(11)15-12-7-9-13(16-2)10-8-12/h7-11,14-15H,3-6H2,1-2H3. The largest absolute Gasteiger partial charge is 0.382 e. The maximum atomic E-state index is 3.68. The van der Waals surface area contributed by atoms with E-state index in [1.54, 1.807) is 11.8 Å². The topological polar surface area (TPSA) is 12.0 Å². The summed E-state index contributed by atoms with van der Waals surface area (Å²) in [4.78, 5) is 1.34. The first-order chi connectivity index (χ1) is 7.83. The summed E-state index contributed by atoms with van der Waals surface area (Å²) in [6.07, 6.45) is 7.55. The monoisotopic (exact) mass is 235 g/mol. The Labute approximate surface area is 103 Å². The van der Waals surface area contributed by atoms with Crippen LogP contribution in [0.15, 0.2) is 29.2 Å². The first kappa shape index (κ1) is 11.8. The molecule has 1 fully saturated rings. The lowest BCUT2D eigenvalue weighted by Gasteiger charge is -2.20. The quantitative estimate of drug-likeness (QED) is 0.776. The number of rotatable bonds is 4. The molecule has 1 saturated carbocycles. The van der Waals surface area contributed by atoms with Crippen molar-refractivity contribution in [2.24, 2.45) is 5.92 Å². The lowest BCUT2D eigenvalue weighted by atomic mass is 10.0. The maximum absolute atomic E-state index is 3.68. The molecule has 0 heterocycles. The van der Waals surface area contributed by atoms with Crippen molar-refractivity contribution in [3.8, 4) is 0 Å². The van der Waals surface area contributed by atoms with Crippen LogP contribution in [0.5, 0.6) is 0 Å². The molecule has 2 rings (SSSR count). The van der Waals surface area contributed by atoms with Crippen molar-refractivity contribution >= 4 is 17.4 Å². The van der Waals surface area contributed by atoms with Crippen LogP contribution in [0.2, 0.25) is 0 Å². The van der Waals surface area contributed by atoms with E-state index in [9.17, 15) is 0 Å². The molecule has 0 amide bonds. The van der Waals surface area contributed by atoms with Crippen LogP contribution in [0.25, 0.3) is 0 Å². The van der Waals surface area contributed by atoms with Gasteiger partial charge in [-0.3, -0.25) is 0 Å². The van der Waals surface area contributed by atoms with Gasteiger partial charge in [-0.15, -0.1) is 11.8 Å². The van der Waals surface area contributed by atoms with Crippen LogP contribution >= 0.6 is 11.8 Å². The minimum absolute atomic E-state index is 0.699. The van der Waals surface area contributed by atoms with Crippen molar-refractivity contribution < 1.29 is 0 Å². The molecular formula is C14H21NS. The van der Waals surface area contributed by atoms with Gasteiger partial charge < -0.3 is 5.32 Å². The van der Waals surface area contributed by atoms with Crippen LogP contribution in [0.4, 0.5) is 5.69 Å². The molecule has 0 radical (unpaired) electrons. The second kappa shape index (κ2) is 5.62. The first-order valence-electron chi connectivity index (χ1n) is 6.24. The molecule has 1 aliphatic rings. The summed E-state index contributed by atoms with van der Waals surface area (Å²) in [5.74, 6) is 0.875. The fourth-order valence-corrected chi connectivity index (χ4v) is 3.03. The predicted molar refractivity (Wildman–Crippen MR) is 73.3 cm³/mol. The SMILES string of the molecule is CCC1CCCC1Nc1ccc(SC)cc1. The van der Waals surface area contributed by atoms with Crippen LogP contribution in [0.1, 0.15) is 32.6 Å². The molecule has 1 aromatic carbocycles. The highest BCUT2D eigenvalue weighted by Crippen LogP contribution is 2.31. The van der Waals surface area contributed by atoms with E-state index >= 15 is 0 Å².